The van der Waals surface area contributed by atoms with Gasteiger partial charge in [-0.2, -0.15) is 0 Å². The Balaban J connectivity index is 0.000000279. The lowest BCUT2D eigenvalue weighted by atomic mass is 9.97. The molecule has 26 nitrogen and oxygen atoms in total. The number of hydrogen-bond donors (Lipinski definition) is 0. The largest absolute Gasteiger partial charge is 0.486 e. The molecule has 1 heterocycles. The van der Waals surface area contributed by atoms with Crippen molar-refractivity contribution in [2.45, 2.75) is 114 Å². The maximum atomic E-state index is 14.6. The first-order chi connectivity index (χ1) is 63.1. The van der Waals surface area contributed by atoms with Gasteiger partial charge in [0.15, 0.2) is 23.1 Å². The monoisotopic (exact) mass is 1810 g/mol. The van der Waals surface area contributed by atoms with E-state index in [1.807, 2.05) is 54.6 Å². The summed E-state index contributed by atoms with van der Waals surface area (Å²) in [6.45, 7) is 51.5. The lowest BCUT2D eigenvalue weighted by molar-refractivity contribution is -0.143. The Morgan fingerprint density at radius 2 is 0.594 bits per heavy atom. The van der Waals surface area contributed by atoms with Crippen LogP contribution in [0.5, 0.6) is 46.0 Å². The fourth-order valence-electron chi connectivity index (χ4n) is 10.9. The number of aryl methyl sites for hydroxylation is 2. The third-order valence-corrected chi connectivity index (χ3v) is 18.0. The number of hydrogen-bond acceptors (Lipinski definition) is 26. The van der Waals surface area contributed by atoms with Gasteiger partial charge in [-0.3, -0.25) is 4.79 Å². The maximum Gasteiger partial charge on any atom is 0.344 e. The van der Waals surface area contributed by atoms with Gasteiger partial charge in [0, 0.05) is 61.1 Å². The maximum absolute atomic E-state index is 14.6. The van der Waals surface area contributed by atoms with E-state index >= 15 is 0 Å². The van der Waals surface area contributed by atoms with Crippen LogP contribution in [-0.2, 0) is 89.3 Å². The van der Waals surface area contributed by atoms with Crippen molar-refractivity contribution in [3.8, 4) is 90.5 Å². The summed E-state index contributed by atoms with van der Waals surface area (Å²) in [5, 5.41) is 0.780. The van der Waals surface area contributed by atoms with Gasteiger partial charge in [0.05, 0.1) is 25.2 Å². The molecule has 8 aromatic carbocycles. The molecule has 9 aromatic rings. The second kappa shape index (κ2) is 53.1. The molecule has 0 saturated carbocycles. The molecule has 0 radical (unpaired) electrons. The zero-order valence-corrected chi connectivity index (χ0v) is 76.2. The lowest BCUT2D eigenvalue weighted by Gasteiger charge is -2.15. The van der Waals surface area contributed by atoms with Crippen LogP contribution in [0.1, 0.15) is 112 Å². The molecule has 0 aliphatic rings. The smallest absolute Gasteiger partial charge is 0.344 e. The van der Waals surface area contributed by atoms with Gasteiger partial charge in [0.2, 0.25) is 0 Å². The van der Waals surface area contributed by atoms with Crippen molar-refractivity contribution in [2.24, 2.45) is 0 Å². The van der Waals surface area contributed by atoms with Crippen molar-refractivity contribution < 1.29 is 123 Å². The fraction of sp³-hybridized carbons (Fsp3) is 0.226. The zero-order valence-electron chi connectivity index (χ0n) is 76.2. The normalized spacial score (nSPS) is 10.2. The molecule has 0 aliphatic heterocycles. The van der Waals surface area contributed by atoms with Gasteiger partial charge >= 0.3 is 71.3 Å². The zero-order chi connectivity index (χ0) is 98.1. The van der Waals surface area contributed by atoms with E-state index in [0.717, 1.165) is 51.6 Å². The van der Waals surface area contributed by atoms with Crippen LogP contribution in [0.3, 0.4) is 0 Å². The molecule has 0 aliphatic carbocycles. The molecule has 0 amide bonds. The average Bonchev–Trinajstić information content (AvgIpc) is 0.777. The number of carbonyl (C=O) groups is 11. The van der Waals surface area contributed by atoms with Crippen molar-refractivity contribution in [1.82, 2.24) is 0 Å². The van der Waals surface area contributed by atoms with E-state index in [2.05, 4.69) is 65.8 Å². The van der Waals surface area contributed by atoms with Crippen molar-refractivity contribution >= 4 is 76.6 Å². The summed E-state index contributed by atoms with van der Waals surface area (Å²) in [5.41, 5.74) is 10.7. The number of halogens is 1. The second-order valence-electron chi connectivity index (χ2n) is 30.3. The molecule has 0 bridgehead atoms. The highest BCUT2D eigenvalue weighted by atomic mass is 19.1. The summed E-state index contributed by atoms with van der Waals surface area (Å²) in [6.07, 6.45) is 4.15. The third-order valence-electron chi connectivity index (χ3n) is 18.0. The van der Waals surface area contributed by atoms with Crippen molar-refractivity contribution in [3.63, 3.8) is 0 Å². The number of esters is 11. The van der Waals surface area contributed by atoms with Crippen LogP contribution in [0.4, 0.5) is 4.39 Å². The van der Waals surface area contributed by atoms with E-state index in [9.17, 15) is 61.9 Å². The van der Waals surface area contributed by atoms with Gasteiger partial charge in [-0.25, -0.2) is 57.1 Å². The molecule has 0 N–H and O–H groups in total. The summed E-state index contributed by atoms with van der Waals surface area (Å²) in [6, 6.07) is 49.7. The van der Waals surface area contributed by atoms with E-state index in [4.69, 9.17) is 66.0 Å². The Labute approximate surface area is 771 Å². The molecule has 9 rings (SSSR count). The second-order valence-corrected chi connectivity index (χ2v) is 30.3. The molecular weight excluding hydrogens is 1710 g/mol. The number of rotatable bonds is 41. The third kappa shape index (κ3) is 36.3. The summed E-state index contributed by atoms with van der Waals surface area (Å²) in [4.78, 5) is 141. The SMILES string of the molecule is C=C(C)C(=O)OCCC(=O)Oc1ccc(-c2ccc(OC(=O)C(=C)C)cc2)cc1.C=C(C)C(=O)OCCCCc1cc(CCCCOC(=O)C(=C)C)c2oc(=O)c(-c3ccc(OC(=O)C(=C)C)cc3)cc2c1.C=C(C)C(=O)OCCOc1ccc(-c2ccc(OC(=O)C(=C)C)c(F)c2)cc1OCCOC(=O)C(=C)C.C=C(C)C(=O)Oc1ccc(-c2ccc(OC(=O)C(=C)C)cc2)cc1. The van der Waals surface area contributed by atoms with E-state index in [1.165, 1.54) is 39.8 Å². The molecule has 1 aromatic heterocycles. The van der Waals surface area contributed by atoms with Gasteiger partial charge < -0.3 is 66.0 Å². The quantitative estimate of drug-likeness (QED) is 0.00858. The minimum absolute atomic E-state index is 0.00757. The van der Waals surface area contributed by atoms with Crippen LogP contribution in [0.15, 0.2) is 307 Å². The number of ether oxygens (including phenoxy) is 13. The first-order valence-corrected chi connectivity index (χ1v) is 41.6. The Bertz CT molecular complexity index is 5870. The minimum Gasteiger partial charge on any atom is -0.486 e. The topological polar surface area (TPSA) is 338 Å². The van der Waals surface area contributed by atoms with Gasteiger partial charge in [-0.15, -0.1) is 0 Å². The van der Waals surface area contributed by atoms with Crippen LogP contribution >= 0.6 is 0 Å². The van der Waals surface area contributed by atoms with Crippen molar-refractivity contribution in [1.29, 1.82) is 0 Å². The average molecular weight is 1820 g/mol. The molecule has 0 spiro atoms. The number of benzene rings is 8. The van der Waals surface area contributed by atoms with Gasteiger partial charge in [0.25, 0.3) is 0 Å². The summed E-state index contributed by atoms with van der Waals surface area (Å²) in [5.74, 6) is -3.84. The van der Waals surface area contributed by atoms with E-state index in [1.54, 1.807) is 151 Å². The van der Waals surface area contributed by atoms with Crippen molar-refractivity contribution in [3.05, 3.63) is 325 Å². The fourth-order valence-corrected chi connectivity index (χ4v) is 10.9. The Morgan fingerprint density at radius 1 is 0.286 bits per heavy atom. The molecule has 0 fully saturated rings. The van der Waals surface area contributed by atoms with Gasteiger partial charge in [-0.05, 0) is 255 Å². The molecule has 0 unspecified atom stereocenters. The Kier molecular flexibility index (Phi) is 42.3. The summed E-state index contributed by atoms with van der Waals surface area (Å²) < 4.78 is 88.1. The minimum atomic E-state index is -0.735. The van der Waals surface area contributed by atoms with E-state index in [0.29, 0.717) is 122 Å². The first kappa shape index (κ1) is 106. The Hall–Kier alpha value is -15.9. The van der Waals surface area contributed by atoms with Crippen LogP contribution < -0.4 is 43.5 Å². The molecule has 133 heavy (non-hydrogen) atoms. The summed E-state index contributed by atoms with van der Waals surface area (Å²) >= 11 is 0. The number of fused-ring (bicyclic) bond motifs is 1. The standard InChI is InChI=1S/C35H38O8.C28H29FO8.C23H22O6.C20H18O4/c1-22(2)32(36)40-17-9-7-11-25-19-27(12-8-10-18-41-33(37)23(3)4)31-28(20-25)21-30(35(39)43-31)26-13-15-29(16-14-26)42-34(38)24(5)6;1-17(2)26(30)35-13-11-33-24-10-8-21(16-25(24)34-12-14-36-27(31)18(3)4)20-7-9-23(22(29)15-20)37-28(32)19(5)6;1-15(2)22(25)27-14-13-21(24)28-19-9-5-17(6-10-19)18-7-11-20(12-8-18)29-23(26)16(3)4;1-13(2)19(21)23-17-9-5-15(6-10-17)16-7-11-18(12-8-16)24-20(22)14(3)4/h13-16,19-21H,1,3,5,7-12,17-18H2,2,4,6H3;7-10,15-16H,1,3,5,11-14H2,2,4,6H3;5-12H,1,3,13-14H2,2,4H3;5-12H,1,3H2,2,4H3. The molecule has 0 atom stereocenters. The van der Waals surface area contributed by atoms with E-state index in [-0.39, 0.29) is 85.4 Å². The molecule has 694 valence electrons. The molecular formula is C106H107FO26. The van der Waals surface area contributed by atoms with Gasteiger partial charge in [-0.1, -0.05) is 145 Å². The van der Waals surface area contributed by atoms with Gasteiger partial charge in [0.1, 0.15) is 67.4 Å². The highest BCUT2D eigenvalue weighted by Crippen LogP contribution is 2.36. The highest BCUT2D eigenvalue weighted by molar-refractivity contribution is 5.93. The van der Waals surface area contributed by atoms with Crippen LogP contribution in [-0.4, -0.2) is 112 Å². The van der Waals surface area contributed by atoms with Crippen LogP contribution in [0.25, 0.3) is 55.5 Å². The molecule has 27 heteroatoms. The lowest BCUT2D eigenvalue weighted by Crippen LogP contribution is -2.14. The van der Waals surface area contributed by atoms with Crippen LogP contribution in [0.2, 0.25) is 0 Å². The van der Waals surface area contributed by atoms with Crippen molar-refractivity contribution in [2.75, 3.05) is 46.2 Å². The first-order valence-electron chi connectivity index (χ1n) is 41.6. The van der Waals surface area contributed by atoms with Crippen LogP contribution in [0, 0.1) is 5.82 Å². The predicted molar refractivity (Wildman–Crippen MR) is 502 cm³/mol. The summed E-state index contributed by atoms with van der Waals surface area (Å²) in [7, 11) is 0. The van der Waals surface area contributed by atoms with E-state index < -0.39 is 77.1 Å². The highest BCUT2D eigenvalue weighted by Gasteiger charge is 2.20. The molecule has 0 saturated heterocycles. The Morgan fingerprint density at radius 3 is 0.962 bits per heavy atom. The number of carbonyl (C=O) groups excluding carboxylic acids is 11. The number of unbranched alkanes of at least 4 members (excludes halogenated alkanes) is 2. The predicted octanol–water partition coefficient (Wildman–Crippen LogP) is 20.4.